The Labute approximate surface area is 90.9 Å². The van der Waals surface area contributed by atoms with Crippen molar-refractivity contribution in [3.8, 4) is 17.1 Å². The molecular formula is C10H8ClN3O. The molecule has 0 fully saturated rings. The molecule has 2 heterocycles. The maximum absolute atomic E-state index is 9.45. The summed E-state index contributed by atoms with van der Waals surface area (Å²) >= 11 is 5.78. The summed E-state index contributed by atoms with van der Waals surface area (Å²) in [6.45, 7) is 0. The first-order valence-corrected chi connectivity index (χ1v) is 5.04. The van der Waals surface area contributed by atoms with Gasteiger partial charge < -0.3 is 5.11 Å². The van der Waals surface area contributed by atoms with E-state index in [-0.39, 0.29) is 10.9 Å². The number of rotatable bonds is 0. The number of hydrogen-bond acceptors (Lipinski definition) is 3. The van der Waals surface area contributed by atoms with Gasteiger partial charge in [-0.05, 0) is 30.0 Å². The number of halogens is 1. The second-order valence-electron chi connectivity index (χ2n) is 3.58. The lowest BCUT2D eigenvalue weighted by molar-refractivity contribution is 0.472. The van der Waals surface area contributed by atoms with Gasteiger partial charge in [0.05, 0.1) is 17.6 Å². The maximum Gasteiger partial charge on any atom is 0.171 e. The second kappa shape index (κ2) is 2.97. The molecule has 0 saturated carbocycles. The smallest absolute Gasteiger partial charge is 0.171 e. The van der Waals surface area contributed by atoms with E-state index in [2.05, 4.69) is 15.2 Å². The Kier molecular flexibility index (Phi) is 1.73. The van der Waals surface area contributed by atoms with E-state index >= 15 is 0 Å². The summed E-state index contributed by atoms with van der Waals surface area (Å²) in [6.07, 6.45) is 3.59. The van der Waals surface area contributed by atoms with Crippen LogP contribution in [-0.2, 0) is 12.8 Å². The van der Waals surface area contributed by atoms with Crippen molar-refractivity contribution in [1.82, 2.24) is 15.2 Å². The summed E-state index contributed by atoms with van der Waals surface area (Å²) in [5.74, 6) is 0.0402. The van der Waals surface area contributed by atoms with E-state index in [0.717, 1.165) is 35.4 Å². The lowest BCUT2D eigenvalue weighted by Crippen LogP contribution is -2.04. The molecule has 5 heteroatoms. The van der Waals surface area contributed by atoms with Crippen LogP contribution in [0.4, 0.5) is 0 Å². The number of H-pyrrole nitrogens is 1. The van der Waals surface area contributed by atoms with Crippen molar-refractivity contribution in [3.63, 3.8) is 0 Å². The number of aromatic amines is 1. The Balaban J connectivity index is 2.28. The molecule has 2 aromatic heterocycles. The molecular weight excluding hydrogens is 214 g/mol. The van der Waals surface area contributed by atoms with Gasteiger partial charge in [-0.2, -0.15) is 5.10 Å². The molecule has 4 nitrogen and oxygen atoms in total. The highest BCUT2D eigenvalue weighted by Gasteiger charge is 2.20. The van der Waals surface area contributed by atoms with Crippen LogP contribution in [0.15, 0.2) is 12.3 Å². The van der Waals surface area contributed by atoms with E-state index in [0.29, 0.717) is 0 Å². The van der Waals surface area contributed by atoms with Crippen LogP contribution in [-0.4, -0.2) is 20.3 Å². The Morgan fingerprint density at radius 1 is 1.33 bits per heavy atom. The van der Waals surface area contributed by atoms with Gasteiger partial charge in [0.1, 0.15) is 0 Å². The lowest BCUT2D eigenvalue weighted by Gasteiger charge is -2.15. The molecule has 76 valence electrons. The first kappa shape index (κ1) is 8.73. The monoisotopic (exact) mass is 221 g/mol. The van der Waals surface area contributed by atoms with Crippen LogP contribution < -0.4 is 0 Å². The largest absolute Gasteiger partial charge is 0.505 e. The predicted octanol–water partition coefficient (Wildman–Crippen LogP) is 1.93. The van der Waals surface area contributed by atoms with Crippen LogP contribution in [0.2, 0.25) is 5.15 Å². The predicted molar refractivity (Wildman–Crippen MR) is 55.9 cm³/mol. The van der Waals surface area contributed by atoms with Gasteiger partial charge >= 0.3 is 0 Å². The fraction of sp³-hybridized carbons (Fsp3) is 0.200. The lowest BCUT2D eigenvalue weighted by atomic mass is 9.94. The van der Waals surface area contributed by atoms with E-state index in [1.54, 1.807) is 12.3 Å². The number of aromatic nitrogens is 3. The van der Waals surface area contributed by atoms with Gasteiger partial charge in [-0.15, -0.1) is 0 Å². The van der Waals surface area contributed by atoms with Gasteiger partial charge in [-0.25, -0.2) is 4.98 Å². The molecule has 0 amide bonds. The van der Waals surface area contributed by atoms with Crippen molar-refractivity contribution >= 4 is 11.6 Å². The zero-order valence-electron chi connectivity index (χ0n) is 7.79. The molecule has 0 spiro atoms. The molecule has 15 heavy (non-hydrogen) atoms. The Morgan fingerprint density at radius 2 is 2.13 bits per heavy atom. The molecule has 0 atom stereocenters. The Hall–Kier alpha value is -1.55. The van der Waals surface area contributed by atoms with Crippen molar-refractivity contribution in [2.75, 3.05) is 0 Å². The minimum atomic E-state index is 0.0402. The fourth-order valence-electron chi connectivity index (χ4n) is 1.90. The average molecular weight is 222 g/mol. The van der Waals surface area contributed by atoms with E-state index in [9.17, 15) is 5.11 Å². The van der Waals surface area contributed by atoms with Gasteiger partial charge in [-0.3, -0.25) is 5.10 Å². The maximum atomic E-state index is 9.45. The minimum absolute atomic E-state index is 0.0402. The van der Waals surface area contributed by atoms with Crippen LogP contribution >= 0.6 is 11.6 Å². The van der Waals surface area contributed by atoms with E-state index in [1.807, 2.05) is 0 Å². The molecule has 1 aliphatic carbocycles. The van der Waals surface area contributed by atoms with Crippen molar-refractivity contribution < 1.29 is 5.11 Å². The molecule has 1 aliphatic rings. The molecule has 0 aromatic carbocycles. The number of aromatic hydroxyl groups is 1. The minimum Gasteiger partial charge on any atom is -0.505 e. The molecule has 3 rings (SSSR count). The first-order chi connectivity index (χ1) is 7.25. The van der Waals surface area contributed by atoms with Crippen molar-refractivity contribution in [1.29, 1.82) is 0 Å². The summed E-state index contributed by atoms with van der Waals surface area (Å²) in [6, 6.07) is 1.68. The molecule has 0 bridgehead atoms. The van der Waals surface area contributed by atoms with Gasteiger partial charge in [0.25, 0.3) is 0 Å². The molecule has 0 unspecified atom stereocenters. The molecule has 2 N–H and O–H groups in total. The Bertz CT molecular complexity index is 535. The van der Waals surface area contributed by atoms with Crippen LogP contribution in [0.1, 0.15) is 11.1 Å². The number of pyridine rings is 1. The zero-order valence-corrected chi connectivity index (χ0v) is 8.54. The van der Waals surface area contributed by atoms with E-state index < -0.39 is 0 Å². The quantitative estimate of drug-likeness (QED) is 0.669. The van der Waals surface area contributed by atoms with Crippen molar-refractivity contribution in [2.45, 2.75) is 12.8 Å². The number of fused-ring (bicyclic) bond motifs is 3. The van der Waals surface area contributed by atoms with Gasteiger partial charge in [0.15, 0.2) is 10.9 Å². The third-order valence-corrected chi connectivity index (χ3v) is 2.93. The third-order valence-electron chi connectivity index (χ3n) is 2.65. The van der Waals surface area contributed by atoms with Gasteiger partial charge in [0.2, 0.25) is 0 Å². The zero-order chi connectivity index (χ0) is 10.4. The van der Waals surface area contributed by atoms with Crippen LogP contribution in [0.3, 0.4) is 0 Å². The van der Waals surface area contributed by atoms with Crippen LogP contribution in [0.5, 0.6) is 5.75 Å². The summed E-state index contributed by atoms with van der Waals surface area (Å²) in [5.41, 5.74) is 3.88. The summed E-state index contributed by atoms with van der Waals surface area (Å²) in [5, 5.41) is 16.5. The Morgan fingerprint density at radius 3 is 3.00 bits per heavy atom. The SMILES string of the molecule is Oc1cc2c(nc1Cl)-c1[nH]ncc1CC2. The van der Waals surface area contributed by atoms with Gasteiger partial charge in [0, 0.05) is 0 Å². The molecule has 0 radical (unpaired) electrons. The van der Waals surface area contributed by atoms with Crippen molar-refractivity contribution in [3.05, 3.63) is 28.5 Å². The number of aryl methyl sites for hydroxylation is 2. The normalized spacial score (nSPS) is 13.4. The van der Waals surface area contributed by atoms with E-state index in [4.69, 9.17) is 11.6 Å². The molecule has 0 aliphatic heterocycles. The molecule has 2 aromatic rings. The first-order valence-electron chi connectivity index (χ1n) is 4.66. The number of hydrogen-bond donors (Lipinski definition) is 2. The third kappa shape index (κ3) is 1.22. The van der Waals surface area contributed by atoms with Crippen LogP contribution in [0.25, 0.3) is 11.4 Å². The highest BCUT2D eigenvalue weighted by Crippen LogP contribution is 2.34. The van der Waals surface area contributed by atoms with E-state index in [1.165, 1.54) is 0 Å². The average Bonchev–Trinajstić information content (AvgIpc) is 2.68. The fourth-order valence-corrected chi connectivity index (χ4v) is 2.04. The summed E-state index contributed by atoms with van der Waals surface area (Å²) in [4.78, 5) is 4.17. The highest BCUT2D eigenvalue weighted by molar-refractivity contribution is 6.30. The number of nitrogens with one attached hydrogen (secondary N) is 1. The van der Waals surface area contributed by atoms with Gasteiger partial charge in [-0.1, -0.05) is 11.6 Å². The standard InChI is InChI=1S/C10H8ClN3O/c11-10-7(15)3-5-1-2-6-4-12-14-9(6)8(5)13-10/h3-4,15H,1-2H2,(H,12,14). The second-order valence-corrected chi connectivity index (χ2v) is 3.93. The number of nitrogens with zero attached hydrogens (tertiary/aromatic N) is 2. The van der Waals surface area contributed by atoms with Crippen molar-refractivity contribution in [2.24, 2.45) is 0 Å². The molecule has 0 saturated heterocycles. The topological polar surface area (TPSA) is 61.8 Å². The highest BCUT2D eigenvalue weighted by atomic mass is 35.5. The van der Waals surface area contributed by atoms with Crippen LogP contribution in [0, 0.1) is 0 Å². The summed E-state index contributed by atoms with van der Waals surface area (Å²) in [7, 11) is 0. The summed E-state index contributed by atoms with van der Waals surface area (Å²) < 4.78 is 0.